The SMILES string of the molecule is Cc1ccccc1SCC(=O)Cc1ncnn1C. The van der Waals surface area contributed by atoms with Crippen LogP contribution >= 0.6 is 11.8 Å². The van der Waals surface area contributed by atoms with Crippen LogP contribution in [0.3, 0.4) is 0 Å². The minimum Gasteiger partial charge on any atom is -0.298 e. The van der Waals surface area contributed by atoms with E-state index in [2.05, 4.69) is 23.1 Å². The van der Waals surface area contributed by atoms with E-state index in [1.807, 2.05) is 18.2 Å². The second-order valence-corrected chi connectivity index (χ2v) is 5.09. The van der Waals surface area contributed by atoms with Gasteiger partial charge in [0.05, 0.1) is 12.2 Å². The van der Waals surface area contributed by atoms with Crippen LogP contribution in [-0.2, 0) is 18.3 Å². The highest BCUT2D eigenvalue weighted by Gasteiger charge is 2.09. The number of ketones is 1. The van der Waals surface area contributed by atoms with Crippen LogP contribution in [0.4, 0.5) is 0 Å². The topological polar surface area (TPSA) is 47.8 Å². The van der Waals surface area contributed by atoms with Crippen LogP contribution in [0.1, 0.15) is 11.4 Å². The van der Waals surface area contributed by atoms with Crippen molar-refractivity contribution in [2.75, 3.05) is 5.75 Å². The van der Waals surface area contributed by atoms with E-state index in [4.69, 9.17) is 0 Å². The van der Waals surface area contributed by atoms with Crippen molar-refractivity contribution >= 4 is 17.5 Å². The lowest BCUT2D eigenvalue weighted by molar-refractivity contribution is -0.116. The third kappa shape index (κ3) is 3.20. The lowest BCUT2D eigenvalue weighted by Crippen LogP contribution is -2.10. The molecule has 4 nitrogen and oxygen atoms in total. The Morgan fingerprint density at radius 1 is 1.39 bits per heavy atom. The fourth-order valence-corrected chi connectivity index (χ4v) is 2.47. The normalized spacial score (nSPS) is 10.6. The van der Waals surface area contributed by atoms with Gasteiger partial charge in [-0.2, -0.15) is 5.10 Å². The van der Waals surface area contributed by atoms with Crippen LogP contribution in [0.5, 0.6) is 0 Å². The molecule has 2 rings (SSSR count). The maximum Gasteiger partial charge on any atom is 0.150 e. The molecule has 0 aliphatic heterocycles. The number of aryl methyl sites for hydroxylation is 2. The van der Waals surface area contributed by atoms with Crippen molar-refractivity contribution in [3.63, 3.8) is 0 Å². The molecule has 1 heterocycles. The van der Waals surface area contributed by atoms with Crippen molar-refractivity contribution in [1.82, 2.24) is 14.8 Å². The first-order valence-electron chi connectivity index (χ1n) is 5.70. The Morgan fingerprint density at radius 3 is 2.83 bits per heavy atom. The molecule has 18 heavy (non-hydrogen) atoms. The van der Waals surface area contributed by atoms with E-state index in [1.165, 1.54) is 11.9 Å². The Kier molecular flexibility index (Phi) is 4.15. The van der Waals surface area contributed by atoms with E-state index in [0.717, 1.165) is 4.90 Å². The molecule has 0 fully saturated rings. The molecule has 0 bridgehead atoms. The molecule has 0 spiro atoms. The highest BCUT2D eigenvalue weighted by atomic mass is 32.2. The lowest BCUT2D eigenvalue weighted by atomic mass is 10.2. The minimum atomic E-state index is 0.166. The first-order chi connectivity index (χ1) is 8.66. The van der Waals surface area contributed by atoms with Gasteiger partial charge in [-0.25, -0.2) is 4.98 Å². The number of hydrogen-bond donors (Lipinski definition) is 0. The zero-order valence-corrected chi connectivity index (χ0v) is 11.3. The Morgan fingerprint density at radius 2 is 2.17 bits per heavy atom. The average molecular weight is 261 g/mol. The highest BCUT2D eigenvalue weighted by molar-refractivity contribution is 8.00. The third-order valence-corrected chi connectivity index (χ3v) is 3.88. The summed E-state index contributed by atoms with van der Waals surface area (Å²) in [6, 6.07) is 8.08. The van der Waals surface area contributed by atoms with Gasteiger partial charge < -0.3 is 0 Å². The average Bonchev–Trinajstić information content (AvgIpc) is 2.74. The molecule has 1 aromatic heterocycles. The fourth-order valence-electron chi connectivity index (χ4n) is 1.58. The summed E-state index contributed by atoms with van der Waals surface area (Å²) in [6.45, 7) is 2.05. The number of carbonyl (C=O) groups is 1. The summed E-state index contributed by atoms with van der Waals surface area (Å²) in [4.78, 5) is 17.1. The van der Waals surface area contributed by atoms with Crippen LogP contribution in [0, 0.1) is 6.92 Å². The van der Waals surface area contributed by atoms with Crippen molar-refractivity contribution in [2.45, 2.75) is 18.2 Å². The van der Waals surface area contributed by atoms with Crippen molar-refractivity contribution in [3.8, 4) is 0 Å². The van der Waals surface area contributed by atoms with Gasteiger partial charge in [-0.05, 0) is 18.6 Å². The predicted molar refractivity (Wildman–Crippen MR) is 71.6 cm³/mol. The Hall–Kier alpha value is -1.62. The molecule has 0 N–H and O–H groups in total. The largest absolute Gasteiger partial charge is 0.298 e. The Balaban J connectivity index is 1.90. The standard InChI is InChI=1S/C13H15N3OS/c1-10-5-3-4-6-12(10)18-8-11(17)7-13-14-9-15-16(13)2/h3-6,9H,7-8H2,1-2H3. The summed E-state index contributed by atoms with van der Waals surface area (Å²) < 4.78 is 1.64. The highest BCUT2D eigenvalue weighted by Crippen LogP contribution is 2.21. The lowest BCUT2D eigenvalue weighted by Gasteiger charge is -2.04. The van der Waals surface area contributed by atoms with E-state index in [9.17, 15) is 4.79 Å². The quantitative estimate of drug-likeness (QED) is 0.773. The number of nitrogens with zero attached hydrogens (tertiary/aromatic N) is 3. The van der Waals surface area contributed by atoms with E-state index in [0.29, 0.717) is 18.0 Å². The van der Waals surface area contributed by atoms with Gasteiger partial charge in [0.25, 0.3) is 0 Å². The summed E-state index contributed by atoms with van der Waals surface area (Å²) in [5, 5.41) is 3.95. The van der Waals surface area contributed by atoms with Crippen molar-refractivity contribution in [3.05, 3.63) is 42.0 Å². The third-order valence-electron chi connectivity index (χ3n) is 2.64. The van der Waals surface area contributed by atoms with Gasteiger partial charge in [0.1, 0.15) is 12.2 Å². The maximum atomic E-state index is 11.8. The van der Waals surface area contributed by atoms with Gasteiger partial charge in [0.15, 0.2) is 5.78 Å². The number of Topliss-reactive ketones (excluding diaryl/α,β-unsaturated/α-hetero) is 1. The number of benzene rings is 1. The summed E-state index contributed by atoms with van der Waals surface area (Å²) in [5.41, 5.74) is 1.20. The minimum absolute atomic E-state index is 0.166. The second-order valence-electron chi connectivity index (χ2n) is 4.07. The summed E-state index contributed by atoms with van der Waals surface area (Å²) in [5.74, 6) is 1.35. The smallest absolute Gasteiger partial charge is 0.150 e. The van der Waals surface area contributed by atoms with Crippen LogP contribution in [0.15, 0.2) is 35.5 Å². The first-order valence-corrected chi connectivity index (χ1v) is 6.68. The summed E-state index contributed by atoms with van der Waals surface area (Å²) in [7, 11) is 1.80. The fraction of sp³-hybridized carbons (Fsp3) is 0.308. The molecule has 0 amide bonds. The van der Waals surface area contributed by atoms with E-state index in [-0.39, 0.29) is 5.78 Å². The Labute approximate surface area is 110 Å². The van der Waals surface area contributed by atoms with Gasteiger partial charge in [-0.1, -0.05) is 18.2 Å². The van der Waals surface area contributed by atoms with Crippen LogP contribution in [-0.4, -0.2) is 26.3 Å². The molecule has 2 aromatic rings. The van der Waals surface area contributed by atoms with Crippen molar-refractivity contribution < 1.29 is 4.79 Å². The molecule has 5 heteroatoms. The molecule has 0 atom stereocenters. The number of hydrogen-bond acceptors (Lipinski definition) is 4. The predicted octanol–water partition coefficient (Wildman–Crippen LogP) is 2.03. The van der Waals surface area contributed by atoms with Gasteiger partial charge >= 0.3 is 0 Å². The summed E-state index contributed by atoms with van der Waals surface area (Å²) in [6.07, 6.45) is 1.81. The number of aromatic nitrogens is 3. The summed E-state index contributed by atoms with van der Waals surface area (Å²) >= 11 is 1.58. The number of carbonyl (C=O) groups excluding carboxylic acids is 1. The van der Waals surface area contributed by atoms with Gasteiger partial charge in [-0.3, -0.25) is 9.48 Å². The maximum absolute atomic E-state index is 11.8. The molecular weight excluding hydrogens is 246 g/mol. The van der Waals surface area contributed by atoms with Crippen molar-refractivity contribution in [2.24, 2.45) is 7.05 Å². The molecule has 1 aromatic carbocycles. The molecule has 0 aliphatic rings. The van der Waals surface area contributed by atoms with E-state index < -0.39 is 0 Å². The Bertz CT molecular complexity index is 551. The van der Waals surface area contributed by atoms with Gasteiger partial charge in [-0.15, -0.1) is 11.8 Å². The molecule has 0 unspecified atom stereocenters. The molecular formula is C13H15N3OS. The first kappa shape index (κ1) is 12.8. The molecule has 94 valence electrons. The number of thioether (sulfide) groups is 1. The molecule has 0 aliphatic carbocycles. The molecule has 0 radical (unpaired) electrons. The van der Waals surface area contributed by atoms with Gasteiger partial charge in [0, 0.05) is 11.9 Å². The van der Waals surface area contributed by atoms with Crippen LogP contribution in [0.25, 0.3) is 0 Å². The van der Waals surface area contributed by atoms with E-state index >= 15 is 0 Å². The number of rotatable bonds is 5. The van der Waals surface area contributed by atoms with Gasteiger partial charge in [0.2, 0.25) is 0 Å². The van der Waals surface area contributed by atoms with Crippen molar-refractivity contribution in [1.29, 1.82) is 0 Å². The molecule has 0 saturated carbocycles. The van der Waals surface area contributed by atoms with Crippen LogP contribution < -0.4 is 0 Å². The monoisotopic (exact) mass is 261 g/mol. The zero-order chi connectivity index (χ0) is 13.0. The second kappa shape index (κ2) is 5.82. The van der Waals surface area contributed by atoms with Crippen LogP contribution in [0.2, 0.25) is 0 Å². The molecule has 0 saturated heterocycles. The zero-order valence-electron chi connectivity index (χ0n) is 10.5. The van der Waals surface area contributed by atoms with E-state index in [1.54, 1.807) is 23.5 Å².